The molecular weight excluding hydrogens is 312 g/mol. The van der Waals surface area contributed by atoms with Crippen molar-refractivity contribution >= 4 is 22.3 Å². The van der Waals surface area contributed by atoms with Crippen molar-refractivity contribution in [3.8, 4) is 5.75 Å². The van der Waals surface area contributed by atoms with Crippen molar-refractivity contribution in [2.75, 3.05) is 0 Å². The first kappa shape index (κ1) is 14.4. The first-order chi connectivity index (χ1) is 11.1. The normalized spacial score (nSPS) is 14.3. The lowest BCUT2D eigenvalue weighted by Crippen LogP contribution is -2.05. The maximum atomic E-state index is 11.8. The van der Waals surface area contributed by atoms with Gasteiger partial charge in [-0.25, -0.2) is 4.79 Å². The van der Waals surface area contributed by atoms with Crippen LogP contribution in [0.2, 0.25) is 0 Å². The molecule has 0 spiro atoms. The molecule has 0 atom stereocenters. The van der Waals surface area contributed by atoms with Gasteiger partial charge >= 0.3 is 5.63 Å². The van der Waals surface area contributed by atoms with Gasteiger partial charge in [-0.2, -0.15) is 0 Å². The molecule has 4 rings (SSSR count). The summed E-state index contributed by atoms with van der Waals surface area (Å²) in [7, 11) is 0. The predicted octanol–water partition coefficient (Wildman–Crippen LogP) is 3.72. The van der Waals surface area contributed by atoms with Crippen LogP contribution in [-0.2, 0) is 6.61 Å². The van der Waals surface area contributed by atoms with E-state index in [9.17, 15) is 4.79 Å². The molecule has 0 radical (unpaired) electrons. The first-order valence-corrected chi connectivity index (χ1v) is 8.42. The zero-order valence-corrected chi connectivity index (χ0v) is 13.8. The molecule has 0 saturated heterocycles. The molecule has 3 aromatic rings. The van der Waals surface area contributed by atoms with E-state index in [0.717, 1.165) is 21.0 Å². The van der Waals surface area contributed by atoms with Crippen LogP contribution < -0.4 is 10.4 Å². The van der Waals surface area contributed by atoms with Crippen molar-refractivity contribution in [1.82, 2.24) is 10.2 Å². The molecule has 118 valence electrons. The van der Waals surface area contributed by atoms with Gasteiger partial charge in [-0.3, -0.25) is 0 Å². The summed E-state index contributed by atoms with van der Waals surface area (Å²) in [5.41, 5.74) is 1.84. The van der Waals surface area contributed by atoms with E-state index < -0.39 is 0 Å². The number of benzene rings is 1. The third-order valence-corrected chi connectivity index (χ3v) is 5.26. The molecular formula is C17H16N2O3S. The van der Waals surface area contributed by atoms with Crippen LogP contribution in [0.3, 0.4) is 0 Å². The number of aryl methyl sites for hydroxylation is 1. The van der Waals surface area contributed by atoms with E-state index >= 15 is 0 Å². The summed E-state index contributed by atoms with van der Waals surface area (Å²) in [5, 5.41) is 11.3. The van der Waals surface area contributed by atoms with Crippen LogP contribution in [0.1, 0.15) is 39.9 Å². The van der Waals surface area contributed by atoms with E-state index in [1.807, 2.05) is 19.1 Å². The fourth-order valence-corrected chi connectivity index (χ4v) is 3.41. The summed E-state index contributed by atoms with van der Waals surface area (Å²) in [6.45, 7) is 4.08. The van der Waals surface area contributed by atoms with Crippen molar-refractivity contribution in [3.63, 3.8) is 0 Å². The molecule has 2 heterocycles. The molecule has 1 aromatic carbocycles. The number of rotatable bonds is 4. The standard InChI is InChI=1S/C17H16N2O3S/c1-9-10(2)17(20)22-14-7-12(5-6-13(9)14)21-8-15-18-19-16(23-15)11-3-4-11/h5-7,11H,3-4,8H2,1-2H3. The lowest BCUT2D eigenvalue weighted by Gasteiger charge is -2.07. The van der Waals surface area contributed by atoms with Crippen molar-refractivity contribution in [1.29, 1.82) is 0 Å². The zero-order chi connectivity index (χ0) is 16.0. The van der Waals surface area contributed by atoms with Crippen molar-refractivity contribution in [2.45, 2.75) is 39.2 Å². The third-order valence-electron chi connectivity index (χ3n) is 4.20. The van der Waals surface area contributed by atoms with E-state index in [4.69, 9.17) is 9.15 Å². The van der Waals surface area contributed by atoms with Gasteiger partial charge in [-0.15, -0.1) is 10.2 Å². The summed E-state index contributed by atoms with van der Waals surface area (Å²) < 4.78 is 11.1. The van der Waals surface area contributed by atoms with Crippen molar-refractivity contribution < 1.29 is 9.15 Å². The van der Waals surface area contributed by atoms with E-state index in [0.29, 0.717) is 29.4 Å². The van der Waals surface area contributed by atoms with Crippen LogP contribution in [0.5, 0.6) is 5.75 Å². The molecule has 0 N–H and O–H groups in total. The Morgan fingerprint density at radius 2 is 2.09 bits per heavy atom. The molecule has 0 bridgehead atoms. The summed E-state index contributed by atoms with van der Waals surface area (Å²) in [4.78, 5) is 11.8. The maximum Gasteiger partial charge on any atom is 0.339 e. The highest BCUT2D eigenvalue weighted by atomic mass is 32.1. The fraction of sp³-hybridized carbons (Fsp3) is 0.353. The molecule has 1 fully saturated rings. The average molecular weight is 328 g/mol. The Morgan fingerprint density at radius 1 is 1.26 bits per heavy atom. The molecule has 5 nitrogen and oxygen atoms in total. The van der Waals surface area contributed by atoms with Gasteiger partial charge in [-0.1, -0.05) is 11.3 Å². The predicted molar refractivity (Wildman–Crippen MR) is 88.2 cm³/mol. The average Bonchev–Trinajstić information content (AvgIpc) is 3.29. The summed E-state index contributed by atoms with van der Waals surface area (Å²) in [6, 6.07) is 5.56. The number of aromatic nitrogens is 2. The van der Waals surface area contributed by atoms with Crippen LogP contribution >= 0.6 is 11.3 Å². The van der Waals surface area contributed by atoms with Gasteiger partial charge < -0.3 is 9.15 Å². The summed E-state index contributed by atoms with van der Waals surface area (Å²) in [6.07, 6.45) is 2.44. The smallest absolute Gasteiger partial charge is 0.339 e. The van der Waals surface area contributed by atoms with Gasteiger partial charge in [-0.05, 0) is 44.4 Å². The highest BCUT2D eigenvalue weighted by molar-refractivity contribution is 7.11. The quantitative estimate of drug-likeness (QED) is 0.683. The molecule has 1 aliphatic carbocycles. The SMILES string of the molecule is Cc1c(C)c2ccc(OCc3nnc(C4CC4)s3)cc2oc1=O. The van der Waals surface area contributed by atoms with Gasteiger partial charge in [0.05, 0.1) is 0 Å². The Hall–Kier alpha value is -2.21. The van der Waals surface area contributed by atoms with E-state index in [1.54, 1.807) is 24.3 Å². The number of fused-ring (bicyclic) bond motifs is 1. The molecule has 2 aromatic heterocycles. The van der Waals surface area contributed by atoms with Gasteiger partial charge in [0.25, 0.3) is 0 Å². The second kappa shape index (κ2) is 5.45. The number of nitrogens with zero attached hydrogens (tertiary/aromatic N) is 2. The van der Waals surface area contributed by atoms with Gasteiger partial charge in [0.2, 0.25) is 0 Å². The highest BCUT2D eigenvalue weighted by Gasteiger charge is 2.27. The lowest BCUT2D eigenvalue weighted by molar-refractivity contribution is 0.304. The summed E-state index contributed by atoms with van der Waals surface area (Å²) in [5.74, 6) is 1.27. The van der Waals surface area contributed by atoms with E-state index in [1.165, 1.54) is 12.8 Å². The molecule has 1 aliphatic rings. The van der Waals surface area contributed by atoms with Gasteiger partial charge in [0.1, 0.15) is 22.9 Å². The van der Waals surface area contributed by atoms with Crippen molar-refractivity contribution in [2.24, 2.45) is 0 Å². The minimum absolute atomic E-state index is 0.301. The minimum Gasteiger partial charge on any atom is -0.486 e. The lowest BCUT2D eigenvalue weighted by atomic mass is 10.1. The van der Waals surface area contributed by atoms with Gasteiger partial charge in [0.15, 0.2) is 5.01 Å². The van der Waals surface area contributed by atoms with Gasteiger partial charge in [0, 0.05) is 22.9 Å². The Labute approximate surface area is 136 Å². The highest BCUT2D eigenvalue weighted by Crippen LogP contribution is 2.41. The Kier molecular flexibility index (Phi) is 3.41. The number of hydrogen-bond acceptors (Lipinski definition) is 6. The summed E-state index contributed by atoms with van der Waals surface area (Å²) >= 11 is 1.61. The molecule has 0 amide bonds. The van der Waals surface area contributed by atoms with Crippen LogP contribution in [0.15, 0.2) is 27.4 Å². The molecule has 0 unspecified atom stereocenters. The van der Waals surface area contributed by atoms with E-state index in [2.05, 4.69) is 10.2 Å². The van der Waals surface area contributed by atoms with Crippen LogP contribution in [0, 0.1) is 13.8 Å². The topological polar surface area (TPSA) is 65.2 Å². The second-order valence-corrected chi connectivity index (χ2v) is 6.99. The second-order valence-electron chi connectivity index (χ2n) is 5.89. The largest absolute Gasteiger partial charge is 0.486 e. The Morgan fingerprint density at radius 3 is 2.87 bits per heavy atom. The monoisotopic (exact) mass is 328 g/mol. The minimum atomic E-state index is -0.301. The third kappa shape index (κ3) is 2.74. The molecule has 6 heteroatoms. The Bertz CT molecular complexity index is 941. The molecule has 1 saturated carbocycles. The van der Waals surface area contributed by atoms with Crippen LogP contribution in [0.4, 0.5) is 0 Å². The number of ether oxygens (including phenoxy) is 1. The molecule has 23 heavy (non-hydrogen) atoms. The van der Waals surface area contributed by atoms with Crippen LogP contribution in [-0.4, -0.2) is 10.2 Å². The van der Waals surface area contributed by atoms with E-state index in [-0.39, 0.29) is 5.63 Å². The zero-order valence-electron chi connectivity index (χ0n) is 13.0. The number of hydrogen-bond donors (Lipinski definition) is 0. The Balaban J connectivity index is 1.56. The molecule has 0 aliphatic heterocycles. The fourth-order valence-electron chi connectivity index (χ4n) is 2.48. The van der Waals surface area contributed by atoms with Crippen LogP contribution in [0.25, 0.3) is 11.0 Å². The van der Waals surface area contributed by atoms with Crippen molar-refractivity contribution in [3.05, 3.63) is 49.8 Å². The first-order valence-electron chi connectivity index (χ1n) is 7.61. The maximum absolute atomic E-state index is 11.8.